The predicted octanol–water partition coefficient (Wildman–Crippen LogP) is 0.664. The molecule has 0 aliphatic carbocycles. The summed E-state index contributed by atoms with van der Waals surface area (Å²) in [6.45, 7) is 3.67. The van der Waals surface area contributed by atoms with Gasteiger partial charge < -0.3 is 14.2 Å². The van der Waals surface area contributed by atoms with Gasteiger partial charge in [0.05, 0.1) is 19.3 Å². The van der Waals surface area contributed by atoms with Gasteiger partial charge in [0.25, 0.3) is 0 Å². The van der Waals surface area contributed by atoms with Crippen molar-refractivity contribution in [1.82, 2.24) is 0 Å². The van der Waals surface area contributed by atoms with Gasteiger partial charge in [0.2, 0.25) is 0 Å². The monoisotopic (exact) mass is 198 g/mol. The Morgan fingerprint density at radius 3 is 2.64 bits per heavy atom. The minimum absolute atomic E-state index is 0.138. The van der Waals surface area contributed by atoms with Crippen molar-refractivity contribution in [3.63, 3.8) is 0 Å². The lowest BCUT2D eigenvalue weighted by Crippen LogP contribution is -2.10. The first-order valence-electron chi connectivity index (χ1n) is 4.83. The van der Waals surface area contributed by atoms with Crippen molar-refractivity contribution in [1.29, 1.82) is 0 Å². The van der Waals surface area contributed by atoms with Gasteiger partial charge in [-0.05, 0) is 13.3 Å². The second kappa shape index (κ2) is 4.11. The lowest BCUT2D eigenvalue weighted by molar-refractivity contribution is -0.139. The van der Waals surface area contributed by atoms with E-state index in [9.17, 15) is 4.79 Å². The normalized spacial score (nSPS) is 29.9. The standard InChI is InChI=1S/C10H14O4/c1-7(2-3-8-4-12-8)10(11)14-6-9-5-13-9/h2,8-9H,3-6H2,1H3/b7-2+. The molecule has 78 valence electrons. The molecule has 4 heteroatoms. The summed E-state index contributed by atoms with van der Waals surface area (Å²) >= 11 is 0. The van der Waals surface area contributed by atoms with Crippen molar-refractivity contribution >= 4 is 5.97 Å². The van der Waals surface area contributed by atoms with Gasteiger partial charge in [-0.2, -0.15) is 0 Å². The van der Waals surface area contributed by atoms with E-state index in [4.69, 9.17) is 14.2 Å². The Hall–Kier alpha value is -0.870. The first-order valence-corrected chi connectivity index (χ1v) is 4.83. The van der Waals surface area contributed by atoms with Gasteiger partial charge in [0.1, 0.15) is 12.7 Å². The molecule has 2 rings (SSSR count). The van der Waals surface area contributed by atoms with Crippen molar-refractivity contribution in [3.05, 3.63) is 11.6 Å². The third-order valence-corrected chi connectivity index (χ3v) is 2.21. The van der Waals surface area contributed by atoms with E-state index >= 15 is 0 Å². The molecule has 0 saturated carbocycles. The molecule has 2 saturated heterocycles. The first kappa shape index (κ1) is 9.68. The first-order chi connectivity index (χ1) is 6.75. The smallest absolute Gasteiger partial charge is 0.333 e. The van der Waals surface area contributed by atoms with Crippen LogP contribution in [0.25, 0.3) is 0 Å². The maximum absolute atomic E-state index is 11.3. The van der Waals surface area contributed by atoms with E-state index < -0.39 is 0 Å². The highest BCUT2D eigenvalue weighted by atomic mass is 16.6. The quantitative estimate of drug-likeness (QED) is 0.370. The summed E-state index contributed by atoms with van der Waals surface area (Å²) < 4.78 is 15.0. The number of carbonyl (C=O) groups is 1. The minimum atomic E-state index is -0.249. The minimum Gasteiger partial charge on any atom is -0.459 e. The highest BCUT2D eigenvalue weighted by Gasteiger charge is 2.25. The third kappa shape index (κ3) is 3.12. The average molecular weight is 198 g/mol. The zero-order valence-corrected chi connectivity index (χ0v) is 8.19. The van der Waals surface area contributed by atoms with Gasteiger partial charge >= 0.3 is 5.97 Å². The number of rotatable bonds is 5. The maximum Gasteiger partial charge on any atom is 0.333 e. The number of epoxide rings is 2. The fourth-order valence-corrected chi connectivity index (χ4v) is 1.04. The molecule has 0 radical (unpaired) electrons. The van der Waals surface area contributed by atoms with Crippen LogP contribution in [0.4, 0.5) is 0 Å². The van der Waals surface area contributed by atoms with Crippen molar-refractivity contribution in [2.45, 2.75) is 25.6 Å². The molecule has 2 heterocycles. The molecule has 0 N–H and O–H groups in total. The van der Waals surface area contributed by atoms with Crippen LogP contribution in [0.15, 0.2) is 11.6 Å². The molecule has 0 spiro atoms. The number of hydrogen-bond acceptors (Lipinski definition) is 4. The van der Waals surface area contributed by atoms with Crippen LogP contribution in [0.1, 0.15) is 13.3 Å². The fraction of sp³-hybridized carbons (Fsp3) is 0.700. The van der Waals surface area contributed by atoms with Crippen LogP contribution in [0, 0.1) is 0 Å². The van der Waals surface area contributed by atoms with Crippen LogP contribution in [-0.4, -0.2) is 38.0 Å². The van der Waals surface area contributed by atoms with E-state index in [1.54, 1.807) is 6.92 Å². The predicted molar refractivity (Wildman–Crippen MR) is 48.8 cm³/mol. The van der Waals surface area contributed by atoms with Gasteiger partial charge in [-0.25, -0.2) is 4.79 Å². The largest absolute Gasteiger partial charge is 0.459 e. The average Bonchev–Trinajstić information content (AvgIpc) is 3.02. The van der Waals surface area contributed by atoms with Crippen molar-refractivity contribution in [2.75, 3.05) is 19.8 Å². The van der Waals surface area contributed by atoms with Crippen LogP contribution in [-0.2, 0) is 19.0 Å². The highest BCUT2D eigenvalue weighted by Crippen LogP contribution is 2.15. The maximum atomic E-state index is 11.3. The molecule has 2 atom stereocenters. The molecule has 2 unspecified atom stereocenters. The third-order valence-electron chi connectivity index (χ3n) is 2.21. The van der Waals surface area contributed by atoms with E-state index in [0.29, 0.717) is 24.9 Å². The van der Waals surface area contributed by atoms with Crippen molar-refractivity contribution < 1.29 is 19.0 Å². The van der Waals surface area contributed by atoms with Crippen LogP contribution in [0.2, 0.25) is 0 Å². The van der Waals surface area contributed by atoms with Gasteiger partial charge in [-0.1, -0.05) is 6.08 Å². The van der Waals surface area contributed by atoms with Crippen LogP contribution >= 0.6 is 0 Å². The van der Waals surface area contributed by atoms with E-state index in [-0.39, 0.29) is 12.1 Å². The Bertz CT molecular complexity index is 251. The summed E-state index contributed by atoms with van der Waals surface area (Å²) in [4.78, 5) is 11.3. The molecule has 0 amide bonds. The summed E-state index contributed by atoms with van der Waals surface area (Å²) in [6.07, 6.45) is 3.14. The summed E-state index contributed by atoms with van der Waals surface area (Å²) in [5, 5.41) is 0. The van der Waals surface area contributed by atoms with Gasteiger partial charge in [-0.3, -0.25) is 0 Å². The Balaban J connectivity index is 1.67. The van der Waals surface area contributed by atoms with E-state index in [2.05, 4.69) is 0 Å². The second-order valence-corrected chi connectivity index (χ2v) is 3.63. The number of carbonyl (C=O) groups excluding carboxylic acids is 1. The summed E-state index contributed by atoms with van der Waals surface area (Å²) in [7, 11) is 0. The number of hydrogen-bond donors (Lipinski definition) is 0. The van der Waals surface area contributed by atoms with E-state index in [1.807, 2.05) is 6.08 Å². The van der Waals surface area contributed by atoms with Crippen molar-refractivity contribution in [2.24, 2.45) is 0 Å². The van der Waals surface area contributed by atoms with Crippen LogP contribution < -0.4 is 0 Å². The molecule has 2 aliphatic rings. The van der Waals surface area contributed by atoms with E-state index in [1.165, 1.54) is 0 Å². The molecule has 0 bridgehead atoms. The topological polar surface area (TPSA) is 51.4 Å². The number of ether oxygens (including phenoxy) is 3. The zero-order chi connectivity index (χ0) is 9.97. The number of esters is 1. The Labute approximate surface area is 82.8 Å². The zero-order valence-electron chi connectivity index (χ0n) is 8.19. The van der Waals surface area contributed by atoms with Gasteiger partial charge in [-0.15, -0.1) is 0 Å². The molecule has 4 nitrogen and oxygen atoms in total. The second-order valence-electron chi connectivity index (χ2n) is 3.63. The summed E-state index contributed by atoms with van der Waals surface area (Å²) in [5.41, 5.74) is 0.654. The Morgan fingerprint density at radius 2 is 2.07 bits per heavy atom. The summed E-state index contributed by atoms with van der Waals surface area (Å²) in [6, 6.07) is 0. The lowest BCUT2D eigenvalue weighted by atomic mass is 10.2. The van der Waals surface area contributed by atoms with Crippen LogP contribution in [0.5, 0.6) is 0 Å². The lowest BCUT2D eigenvalue weighted by Gasteiger charge is -2.01. The summed E-state index contributed by atoms with van der Waals surface area (Å²) in [5.74, 6) is -0.249. The SMILES string of the molecule is C/C(=C\CC1CO1)C(=O)OCC1CO1. The molecule has 0 aromatic rings. The highest BCUT2D eigenvalue weighted by molar-refractivity contribution is 5.87. The molecule has 0 aromatic heterocycles. The molecule has 14 heavy (non-hydrogen) atoms. The fourth-order valence-electron chi connectivity index (χ4n) is 1.04. The van der Waals surface area contributed by atoms with E-state index in [0.717, 1.165) is 13.0 Å². The Kier molecular flexibility index (Phi) is 2.84. The molecule has 2 fully saturated rings. The molecular formula is C10H14O4. The van der Waals surface area contributed by atoms with Gasteiger partial charge in [0, 0.05) is 5.57 Å². The van der Waals surface area contributed by atoms with Gasteiger partial charge in [0.15, 0.2) is 0 Å². The molecular weight excluding hydrogens is 184 g/mol. The molecule has 2 aliphatic heterocycles. The Morgan fingerprint density at radius 1 is 1.43 bits per heavy atom. The van der Waals surface area contributed by atoms with Crippen LogP contribution in [0.3, 0.4) is 0 Å². The molecule has 0 aromatic carbocycles. The van der Waals surface area contributed by atoms with Crippen molar-refractivity contribution in [3.8, 4) is 0 Å².